The van der Waals surface area contributed by atoms with Crippen LogP contribution >= 0.6 is 27.5 Å². The van der Waals surface area contributed by atoms with Crippen LogP contribution in [0, 0.1) is 0 Å². The van der Waals surface area contributed by atoms with Crippen molar-refractivity contribution in [3.05, 3.63) is 28.2 Å². The molecule has 0 unspecified atom stereocenters. The summed E-state index contributed by atoms with van der Waals surface area (Å²) in [6.07, 6.45) is 0.947. The summed E-state index contributed by atoms with van der Waals surface area (Å²) in [4.78, 5) is 10.8. The van der Waals surface area contributed by atoms with Gasteiger partial charge in [-0.1, -0.05) is 6.92 Å². The molecule has 14 heavy (non-hydrogen) atoms. The van der Waals surface area contributed by atoms with Gasteiger partial charge in [-0.2, -0.15) is 0 Å². The number of benzene rings is 1. The molecule has 0 saturated heterocycles. The van der Waals surface area contributed by atoms with E-state index in [1.807, 2.05) is 6.92 Å². The normalized spacial score (nSPS) is 9.93. The summed E-state index contributed by atoms with van der Waals surface area (Å²) < 4.78 is 6.17. The molecule has 76 valence electrons. The summed E-state index contributed by atoms with van der Waals surface area (Å²) in [5, 5.41) is -0.465. The molecule has 0 aliphatic carbocycles. The average Bonchev–Trinajstić information content (AvgIpc) is 2.15. The van der Waals surface area contributed by atoms with Gasteiger partial charge in [0.2, 0.25) is 0 Å². The number of hydrogen-bond acceptors (Lipinski definition) is 2. The van der Waals surface area contributed by atoms with Crippen LogP contribution < -0.4 is 4.74 Å². The Kier molecular flexibility index (Phi) is 4.42. The summed E-state index contributed by atoms with van der Waals surface area (Å²) in [7, 11) is 0. The molecule has 0 aliphatic heterocycles. The van der Waals surface area contributed by atoms with E-state index in [0.29, 0.717) is 12.2 Å². The maximum Gasteiger partial charge on any atom is 0.252 e. The second-order valence-corrected chi connectivity index (χ2v) is 3.96. The van der Waals surface area contributed by atoms with E-state index in [0.717, 1.165) is 16.6 Å². The molecule has 2 nitrogen and oxygen atoms in total. The van der Waals surface area contributed by atoms with Crippen molar-refractivity contribution in [2.45, 2.75) is 13.3 Å². The molecule has 1 rings (SSSR count). The predicted molar refractivity (Wildman–Crippen MR) is 60.1 cm³/mol. The summed E-state index contributed by atoms with van der Waals surface area (Å²) >= 11 is 8.64. The lowest BCUT2D eigenvalue weighted by molar-refractivity contribution is 0.108. The van der Waals surface area contributed by atoms with Crippen LogP contribution in [-0.2, 0) is 0 Å². The molecule has 0 heterocycles. The second-order valence-electron chi connectivity index (χ2n) is 2.77. The van der Waals surface area contributed by atoms with E-state index in [1.165, 1.54) is 0 Å². The Morgan fingerprint density at radius 3 is 2.79 bits per heavy atom. The number of rotatable bonds is 4. The summed E-state index contributed by atoms with van der Waals surface area (Å²) in [6, 6.07) is 5.03. The maximum absolute atomic E-state index is 10.8. The van der Waals surface area contributed by atoms with Gasteiger partial charge in [0.25, 0.3) is 5.24 Å². The van der Waals surface area contributed by atoms with Crippen molar-refractivity contribution < 1.29 is 9.53 Å². The summed E-state index contributed by atoms with van der Waals surface area (Å²) in [5.41, 5.74) is 0.461. The fourth-order valence-corrected chi connectivity index (χ4v) is 1.56. The Hall–Kier alpha value is -0.540. The number of hydrogen-bond donors (Lipinski definition) is 0. The molecule has 0 bridgehead atoms. The van der Waals surface area contributed by atoms with E-state index >= 15 is 0 Å². The van der Waals surface area contributed by atoms with E-state index < -0.39 is 5.24 Å². The Morgan fingerprint density at radius 2 is 2.29 bits per heavy atom. The highest BCUT2D eigenvalue weighted by molar-refractivity contribution is 9.10. The standard InChI is InChI=1S/C10H10BrClO2/c1-2-5-14-9-4-3-7(10(12)13)6-8(9)11/h3-4,6H,2,5H2,1H3. The Bertz CT molecular complexity index is 339. The Balaban J connectivity index is 2.84. The molecule has 0 aromatic heterocycles. The molecule has 1 aromatic carbocycles. The minimum absolute atomic E-state index is 0.461. The van der Waals surface area contributed by atoms with Gasteiger partial charge in [0, 0.05) is 5.56 Å². The number of ether oxygens (including phenoxy) is 1. The Morgan fingerprint density at radius 1 is 1.57 bits per heavy atom. The number of carbonyl (C=O) groups is 1. The van der Waals surface area contributed by atoms with Crippen molar-refractivity contribution in [3.8, 4) is 5.75 Å². The SMILES string of the molecule is CCCOc1ccc(C(=O)Cl)cc1Br. The van der Waals surface area contributed by atoms with Crippen molar-refractivity contribution in [1.29, 1.82) is 0 Å². The molecule has 0 amide bonds. The molecule has 0 saturated carbocycles. The first-order chi connectivity index (χ1) is 6.65. The van der Waals surface area contributed by atoms with Gasteiger partial charge in [0.15, 0.2) is 0 Å². The van der Waals surface area contributed by atoms with Crippen molar-refractivity contribution in [2.75, 3.05) is 6.61 Å². The number of carbonyl (C=O) groups excluding carboxylic acids is 1. The van der Waals surface area contributed by atoms with Crippen LogP contribution in [0.25, 0.3) is 0 Å². The third-order valence-corrected chi connectivity index (χ3v) is 2.46. The first-order valence-corrected chi connectivity index (χ1v) is 5.44. The summed E-state index contributed by atoms with van der Waals surface area (Å²) in [5.74, 6) is 0.730. The third kappa shape index (κ3) is 3.00. The monoisotopic (exact) mass is 276 g/mol. The third-order valence-electron chi connectivity index (χ3n) is 1.62. The van der Waals surface area contributed by atoms with Crippen LogP contribution in [-0.4, -0.2) is 11.8 Å². The highest BCUT2D eigenvalue weighted by Gasteiger charge is 2.06. The molecule has 0 atom stereocenters. The highest BCUT2D eigenvalue weighted by Crippen LogP contribution is 2.26. The smallest absolute Gasteiger partial charge is 0.252 e. The van der Waals surface area contributed by atoms with E-state index in [-0.39, 0.29) is 0 Å². The van der Waals surface area contributed by atoms with Gasteiger partial charge in [0.05, 0.1) is 11.1 Å². The first-order valence-electron chi connectivity index (χ1n) is 4.27. The van der Waals surface area contributed by atoms with Crippen LogP contribution in [0.4, 0.5) is 0 Å². The van der Waals surface area contributed by atoms with Crippen molar-refractivity contribution >= 4 is 32.8 Å². The van der Waals surface area contributed by atoms with Gasteiger partial charge < -0.3 is 4.74 Å². The molecule has 0 spiro atoms. The molecule has 0 fully saturated rings. The van der Waals surface area contributed by atoms with Crippen molar-refractivity contribution in [1.82, 2.24) is 0 Å². The summed E-state index contributed by atoms with van der Waals surface area (Å²) in [6.45, 7) is 2.69. The van der Waals surface area contributed by atoms with Crippen LogP contribution in [0.15, 0.2) is 22.7 Å². The van der Waals surface area contributed by atoms with Gasteiger partial charge in [0.1, 0.15) is 5.75 Å². The topological polar surface area (TPSA) is 26.3 Å². The highest BCUT2D eigenvalue weighted by atomic mass is 79.9. The van der Waals surface area contributed by atoms with Gasteiger partial charge >= 0.3 is 0 Å². The van der Waals surface area contributed by atoms with Gasteiger partial charge in [-0.15, -0.1) is 0 Å². The molecular weight excluding hydrogens is 267 g/mol. The van der Waals surface area contributed by atoms with Crippen molar-refractivity contribution in [2.24, 2.45) is 0 Å². The second kappa shape index (κ2) is 5.37. The van der Waals surface area contributed by atoms with Crippen LogP contribution in [0.1, 0.15) is 23.7 Å². The zero-order valence-corrected chi connectivity index (χ0v) is 10.1. The minimum atomic E-state index is -0.465. The zero-order valence-electron chi connectivity index (χ0n) is 7.72. The molecule has 0 radical (unpaired) electrons. The largest absolute Gasteiger partial charge is 0.492 e. The molecule has 0 aliphatic rings. The van der Waals surface area contributed by atoms with E-state index in [9.17, 15) is 4.79 Å². The average molecular weight is 278 g/mol. The Labute approximate surface area is 96.3 Å². The minimum Gasteiger partial charge on any atom is -0.492 e. The first kappa shape index (κ1) is 11.5. The predicted octanol–water partition coefficient (Wildman–Crippen LogP) is 3.62. The number of halogens is 2. The molecule has 4 heteroatoms. The van der Waals surface area contributed by atoms with Crippen molar-refractivity contribution in [3.63, 3.8) is 0 Å². The fourth-order valence-electron chi connectivity index (χ4n) is 0.952. The van der Waals surface area contributed by atoms with Crippen LogP contribution in [0.2, 0.25) is 0 Å². The lowest BCUT2D eigenvalue weighted by Gasteiger charge is -2.07. The maximum atomic E-state index is 10.8. The lowest BCUT2D eigenvalue weighted by atomic mass is 10.2. The zero-order chi connectivity index (χ0) is 10.6. The molecule has 1 aromatic rings. The lowest BCUT2D eigenvalue weighted by Crippen LogP contribution is -1.97. The van der Waals surface area contributed by atoms with Gasteiger partial charge in [-0.05, 0) is 52.2 Å². The van der Waals surface area contributed by atoms with Crippen LogP contribution in [0.5, 0.6) is 5.75 Å². The quantitative estimate of drug-likeness (QED) is 0.786. The van der Waals surface area contributed by atoms with Gasteiger partial charge in [-0.3, -0.25) is 4.79 Å². The van der Waals surface area contributed by atoms with Gasteiger partial charge in [-0.25, -0.2) is 0 Å². The molecule has 0 N–H and O–H groups in total. The fraction of sp³-hybridized carbons (Fsp3) is 0.300. The van der Waals surface area contributed by atoms with E-state index in [2.05, 4.69) is 15.9 Å². The van der Waals surface area contributed by atoms with Crippen LogP contribution in [0.3, 0.4) is 0 Å². The molecular formula is C10H10BrClO2. The van der Waals surface area contributed by atoms with E-state index in [4.69, 9.17) is 16.3 Å². The van der Waals surface area contributed by atoms with E-state index in [1.54, 1.807) is 18.2 Å².